The number of thioether (sulfide) groups is 1. The summed E-state index contributed by atoms with van der Waals surface area (Å²) in [6.45, 7) is 2.55. The SMILES string of the molecule is CC1COc2c(cc(SCc3ccccc3)nc2Br)O1. The molecule has 2 heterocycles. The highest BCUT2D eigenvalue weighted by Gasteiger charge is 2.21. The smallest absolute Gasteiger partial charge is 0.194 e. The molecule has 1 unspecified atom stereocenters. The molecule has 0 spiro atoms. The number of hydrogen-bond acceptors (Lipinski definition) is 4. The lowest BCUT2D eigenvalue weighted by Gasteiger charge is -2.24. The van der Waals surface area contributed by atoms with Crippen LogP contribution in [-0.4, -0.2) is 17.7 Å². The minimum absolute atomic E-state index is 0.0729. The minimum Gasteiger partial charge on any atom is -0.483 e. The van der Waals surface area contributed by atoms with Gasteiger partial charge in [-0.1, -0.05) is 30.3 Å². The molecule has 20 heavy (non-hydrogen) atoms. The standard InChI is InChI=1S/C15H14BrNO2S/c1-10-8-18-14-12(19-10)7-13(17-15(14)16)20-9-11-5-3-2-4-6-11/h2-7,10H,8-9H2,1H3. The van der Waals surface area contributed by atoms with Gasteiger partial charge in [-0.3, -0.25) is 0 Å². The number of nitrogens with zero attached hydrogens (tertiary/aromatic N) is 1. The Morgan fingerprint density at radius 2 is 2.15 bits per heavy atom. The summed E-state index contributed by atoms with van der Waals surface area (Å²) in [5.41, 5.74) is 1.28. The zero-order valence-electron chi connectivity index (χ0n) is 11.0. The molecule has 1 aliphatic heterocycles. The van der Waals surface area contributed by atoms with Crippen LogP contribution in [0.15, 0.2) is 46.0 Å². The van der Waals surface area contributed by atoms with E-state index in [1.807, 2.05) is 31.2 Å². The van der Waals surface area contributed by atoms with Crippen LogP contribution in [0.1, 0.15) is 12.5 Å². The van der Waals surface area contributed by atoms with E-state index in [1.54, 1.807) is 11.8 Å². The molecular weight excluding hydrogens is 338 g/mol. The van der Waals surface area contributed by atoms with Gasteiger partial charge in [-0.05, 0) is 28.4 Å². The molecule has 0 radical (unpaired) electrons. The Morgan fingerprint density at radius 1 is 1.35 bits per heavy atom. The molecule has 2 aromatic rings. The van der Waals surface area contributed by atoms with E-state index in [2.05, 4.69) is 33.0 Å². The molecule has 1 atom stereocenters. The van der Waals surface area contributed by atoms with Crippen LogP contribution in [0.2, 0.25) is 0 Å². The van der Waals surface area contributed by atoms with Crippen molar-refractivity contribution < 1.29 is 9.47 Å². The molecule has 0 saturated carbocycles. The van der Waals surface area contributed by atoms with Gasteiger partial charge in [0.1, 0.15) is 17.7 Å². The maximum Gasteiger partial charge on any atom is 0.194 e. The third-order valence-corrected chi connectivity index (χ3v) is 4.41. The van der Waals surface area contributed by atoms with Crippen molar-refractivity contribution in [3.8, 4) is 11.5 Å². The fraction of sp³-hybridized carbons (Fsp3) is 0.267. The quantitative estimate of drug-likeness (QED) is 0.609. The van der Waals surface area contributed by atoms with Crippen LogP contribution in [0.5, 0.6) is 11.5 Å². The molecule has 5 heteroatoms. The van der Waals surface area contributed by atoms with Gasteiger partial charge in [-0.15, -0.1) is 11.8 Å². The number of fused-ring (bicyclic) bond motifs is 1. The van der Waals surface area contributed by atoms with Crippen molar-refractivity contribution in [1.82, 2.24) is 4.98 Å². The average Bonchev–Trinajstić information content (AvgIpc) is 2.46. The topological polar surface area (TPSA) is 31.4 Å². The van der Waals surface area contributed by atoms with Gasteiger partial charge in [-0.25, -0.2) is 4.98 Å². The third kappa shape index (κ3) is 3.10. The van der Waals surface area contributed by atoms with Crippen molar-refractivity contribution >= 4 is 27.7 Å². The maximum atomic E-state index is 5.80. The lowest BCUT2D eigenvalue weighted by Crippen LogP contribution is -2.26. The van der Waals surface area contributed by atoms with Crippen LogP contribution in [0, 0.1) is 0 Å². The van der Waals surface area contributed by atoms with Crippen molar-refractivity contribution in [1.29, 1.82) is 0 Å². The van der Waals surface area contributed by atoms with Crippen LogP contribution in [-0.2, 0) is 5.75 Å². The molecule has 1 aromatic heterocycles. The minimum atomic E-state index is 0.0729. The lowest BCUT2D eigenvalue weighted by atomic mass is 10.2. The van der Waals surface area contributed by atoms with Gasteiger partial charge in [0.25, 0.3) is 0 Å². The van der Waals surface area contributed by atoms with Gasteiger partial charge in [0.15, 0.2) is 16.1 Å². The number of halogens is 1. The largest absolute Gasteiger partial charge is 0.483 e. The fourth-order valence-electron chi connectivity index (χ4n) is 1.93. The van der Waals surface area contributed by atoms with Gasteiger partial charge in [0, 0.05) is 11.8 Å². The second kappa shape index (κ2) is 6.06. The molecule has 0 bridgehead atoms. The Morgan fingerprint density at radius 3 is 2.95 bits per heavy atom. The number of rotatable bonds is 3. The molecule has 1 aromatic carbocycles. The van der Waals surface area contributed by atoms with Crippen molar-refractivity contribution in [2.24, 2.45) is 0 Å². The summed E-state index contributed by atoms with van der Waals surface area (Å²) in [6, 6.07) is 12.3. The van der Waals surface area contributed by atoms with Gasteiger partial charge in [-0.2, -0.15) is 0 Å². The van der Waals surface area contributed by atoms with E-state index < -0.39 is 0 Å². The van der Waals surface area contributed by atoms with Crippen molar-refractivity contribution in [2.45, 2.75) is 23.8 Å². The van der Waals surface area contributed by atoms with E-state index in [-0.39, 0.29) is 6.10 Å². The number of aromatic nitrogens is 1. The zero-order chi connectivity index (χ0) is 13.9. The van der Waals surface area contributed by atoms with Crippen molar-refractivity contribution in [3.63, 3.8) is 0 Å². The number of hydrogen-bond donors (Lipinski definition) is 0. The van der Waals surface area contributed by atoms with Gasteiger partial charge < -0.3 is 9.47 Å². The predicted octanol–water partition coefficient (Wildman–Crippen LogP) is 4.30. The molecule has 0 fully saturated rings. The van der Waals surface area contributed by atoms with E-state index in [0.717, 1.165) is 16.5 Å². The summed E-state index contributed by atoms with van der Waals surface area (Å²) < 4.78 is 12.1. The Labute approximate surface area is 130 Å². The fourth-order valence-corrected chi connectivity index (χ4v) is 3.41. The zero-order valence-corrected chi connectivity index (χ0v) is 13.4. The number of ether oxygens (including phenoxy) is 2. The summed E-state index contributed by atoms with van der Waals surface area (Å²) >= 11 is 5.13. The monoisotopic (exact) mass is 351 g/mol. The van der Waals surface area contributed by atoms with Crippen LogP contribution in [0.25, 0.3) is 0 Å². The Hall–Kier alpha value is -1.20. The second-order valence-corrected chi connectivity index (χ2v) is 6.34. The highest BCUT2D eigenvalue weighted by atomic mass is 79.9. The van der Waals surface area contributed by atoms with Crippen molar-refractivity contribution in [3.05, 3.63) is 46.6 Å². The van der Waals surface area contributed by atoms with Gasteiger partial charge >= 0.3 is 0 Å². The molecule has 0 aliphatic carbocycles. The number of pyridine rings is 1. The summed E-state index contributed by atoms with van der Waals surface area (Å²) in [5, 5.41) is 0.928. The number of benzene rings is 1. The van der Waals surface area contributed by atoms with Crippen LogP contribution in [0.4, 0.5) is 0 Å². The molecular formula is C15H14BrNO2S. The molecule has 0 N–H and O–H groups in total. The van der Waals surface area contributed by atoms with Crippen LogP contribution < -0.4 is 9.47 Å². The second-order valence-electron chi connectivity index (χ2n) is 4.59. The Balaban J connectivity index is 1.77. The van der Waals surface area contributed by atoms with Crippen LogP contribution in [0.3, 0.4) is 0 Å². The van der Waals surface area contributed by atoms with Crippen molar-refractivity contribution in [2.75, 3.05) is 6.61 Å². The normalized spacial score (nSPS) is 17.0. The first kappa shape index (κ1) is 13.8. The summed E-state index contributed by atoms with van der Waals surface area (Å²) in [7, 11) is 0. The van der Waals surface area contributed by atoms with E-state index in [4.69, 9.17) is 9.47 Å². The first-order valence-corrected chi connectivity index (χ1v) is 8.17. The van der Waals surface area contributed by atoms with E-state index >= 15 is 0 Å². The van der Waals surface area contributed by atoms with Gasteiger partial charge in [0.05, 0.1) is 0 Å². The molecule has 0 saturated heterocycles. The first-order chi connectivity index (χ1) is 9.72. The van der Waals surface area contributed by atoms with Crippen LogP contribution >= 0.6 is 27.7 Å². The maximum absolute atomic E-state index is 5.80. The molecule has 3 rings (SSSR count). The highest BCUT2D eigenvalue weighted by Crippen LogP contribution is 2.40. The van der Waals surface area contributed by atoms with Gasteiger partial charge in [0.2, 0.25) is 0 Å². The summed E-state index contributed by atoms with van der Waals surface area (Å²) in [5.74, 6) is 2.35. The summed E-state index contributed by atoms with van der Waals surface area (Å²) in [6.07, 6.45) is 0.0729. The molecule has 0 amide bonds. The average molecular weight is 352 g/mol. The van der Waals surface area contributed by atoms with E-state index in [1.165, 1.54) is 5.56 Å². The first-order valence-electron chi connectivity index (χ1n) is 6.39. The predicted molar refractivity (Wildman–Crippen MR) is 83.5 cm³/mol. The molecule has 1 aliphatic rings. The lowest BCUT2D eigenvalue weighted by molar-refractivity contribution is 0.102. The highest BCUT2D eigenvalue weighted by molar-refractivity contribution is 9.10. The molecule has 104 valence electrons. The Bertz CT molecular complexity index is 606. The Kier molecular flexibility index (Phi) is 4.17. The van der Waals surface area contributed by atoms with E-state index in [9.17, 15) is 0 Å². The van der Waals surface area contributed by atoms with E-state index in [0.29, 0.717) is 17.0 Å². The third-order valence-electron chi connectivity index (χ3n) is 2.89. The molecule has 3 nitrogen and oxygen atoms in total. The summed E-state index contributed by atoms with van der Waals surface area (Å²) in [4.78, 5) is 4.50.